The number of aliphatic hydroxyl groups is 1. The molecular formula is C52H102N2O6P+. The number of hydrogen-bond donors (Lipinski definition) is 3. The van der Waals surface area contributed by atoms with Crippen LogP contribution in [0.4, 0.5) is 0 Å². The summed E-state index contributed by atoms with van der Waals surface area (Å²) in [5.74, 6) is -0.148. The smallest absolute Gasteiger partial charge is 0.391 e. The molecule has 0 fully saturated rings. The van der Waals surface area contributed by atoms with Crippen LogP contribution in [0.15, 0.2) is 36.5 Å². The predicted molar refractivity (Wildman–Crippen MR) is 263 cm³/mol. The molecule has 3 N–H and O–H groups in total. The van der Waals surface area contributed by atoms with E-state index in [9.17, 15) is 19.4 Å². The van der Waals surface area contributed by atoms with Gasteiger partial charge in [0.1, 0.15) is 13.2 Å². The number of nitrogens with one attached hydrogen (secondary N) is 1. The van der Waals surface area contributed by atoms with Gasteiger partial charge in [0.25, 0.3) is 0 Å². The van der Waals surface area contributed by atoms with Crippen LogP contribution in [0.3, 0.4) is 0 Å². The SMILES string of the molecule is CCCCCCC/C=C\C/C=C\C/C=C\CCCCCCCCCCCCC(=O)NC(COP(=O)(O)OCC[N+](C)(C)C)C(O)CCCCCCCCCCCCCCCC. The van der Waals surface area contributed by atoms with Gasteiger partial charge in [0.2, 0.25) is 5.91 Å². The van der Waals surface area contributed by atoms with E-state index in [0.717, 1.165) is 51.4 Å². The highest BCUT2D eigenvalue weighted by atomic mass is 31.2. The van der Waals surface area contributed by atoms with Crippen molar-refractivity contribution in [2.24, 2.45) is 0 Å². The van der Waals surface area contributed by atoms with Crippen molar-refractivity contribution >= 4 is 13.7 Å². The minimum Gasteiger partial charge on any atom is -0.391 e. The number of carbonyl (C=O) groups is 1. The van der Waals surface area contributed by atoms with Gasteiger partial charge in [-0.15, -0.1) is 0 Å². The summed E-state index contributed by atoms with van der Waals surface area (Å²) in [5.41, 5.74) is 0. The van der Waals surface area contributed by atoms with Crippen LogP contribution in [-0.4, -0.2) is 73.4 Å². The van der Waals surface area contributed by atoms with E-state index in [4.69, 9.17) is 9.05 Å². The normalized spacial score (nSPS) is 14.4. The van der Waals surface area contributed by atoms with Crippen LogP contribution >= 0.6 is 7.82 Å². The number of amides is 1. The Bertz CT molecular complexity index is 1090. The monoisotopic (exact) mass is 882 g/mol. The average Bonchev–Trinajstić information content (AvgIpc) is 3.21. The number of carbonyl (C=O) groups excluding carboxylic acids is 1. The molecule has 0 aromatic carbocycles. The van der Waals surface area contributed by atoms with Gasteiger partial charge >= 0.3 is 7.82 Å². The average molecular weight is 882 g/mol. The Morgan fingerprint density at radius 3 is 1.36 bits per heavy atom. The largest absolute Gasteiger partial charge is 0.472 e. The number of quaternary nitrogens is 1. The lowest BCUT2D eigenvalue weighted by Gasteiger charge is -2.26. The van der Waals surface area contributed by atoms with E-state index < -0.39 is 20.0 Å². The first-order valence-electron chi connectivity index (χ1n) is 25.9. The zero-order valence-electron chi connectivity index (χ0n) is 40.9. The molecule has 0 spiro atoms. The molecule has 0 aliphatic heterocycles. The highest BCUT2D eigenvalue weighted by Gasteiger charge is 2.28. The van der Waals surface area contributed by atoms with E-state index in [0.29, 0.717) is 23.9 Å². The van der Waals surface area contributed by atoms with Crippen LogP contribution in [0.1, 0.15) is 239 Å². The summed E-state index contributed by atoms with van der Waals surface area (Å²) in [4.78, 5) is 23.2. The van der Waals surface area contributed by atoms with E-state index in [-0.39, 0.29) is 19.1 Å². The van der Waals surface area contributed by atoms with Crippen molar-refractivity contribution in [1.29, 1.82) is 0 Å². The molecule has 360 valence electrons. The van der Waals surface area contributed by atoms with Gasteiger partial charge in [-0.3, -0.25) is 13.8 Å². The third-order valence-electron chi connectivity index (χ3n) is 11.6. The first-order valence-corrected chi connectivity index (χ1v) is 27.3. The number of allylic oxidation sites excluding steroid dienone is 6. The molecule has 0 rings (SSSR count). The molecule has 0 bridgehead atoms. The second-order valence-corrected chi connectivity index (χ2v) is 20.4. The molecule has 61 heavy (non-hydrogen) atoms. The second-order valence-electron chi connectivity index (χ2n) is 18.9. The number of rotatable bonds is 47. The summed E-state index contributed by atoms with van der Waals surface area (Å²) in [6, 6.07) is -0.762. The standard InChI is InChI=1S/C52H101N2O6P/c1-6-8-10-12-14-16-18-20-22-23-24-25-26-27-28-29-30-31-32-34-36-38-40-42-44-46-52(56)53-50(49-60-61(57,58)59-48-47-54(3,4)5)51(55)45-43-41-39-37-35-33-21-19-17-15-13-11-9-7-2/h18,20,23-24,26-27,50-51,55H,6-17,19,21-22,25,28-49H2,1-5H3,(H-,53,56,57,58)/p+1/b20-18-,24-23-,27-26-. The molecule has 0 aromatic rings. The van der Waals surface area contributed by atoms with Crippen LogP contribution in [-0.2, 0) is 18.4 Å². The van der Waals surface area contributed by atoms with Crippen molar-refractivity contribution in [2.45, 2.75) is 251 Å². The van der Waals surface area contributed by atoms with Gasteiger partial charge in [-0.05, 0) is 51.4 Å². The summed E-state index contributed by atoms with van der Waals surface area (Å²) in [5, 5.41) is 14.0. The van der Waals surface area contributed by atoms with Gasteiger partial charge in [-0.1, -0.05) is 217 Å². The third kappa shape index (κ3) is 46.5. The van der Waals surface area contributed by atoms with E-state index in [2.05, 4.69) is 55.6 Å². The van der Waals surface area contributed by atoms with Crippen molar-refractivity contribution in [1.82, 2.24) is 5.32 Å². The Morgan fingerprint density at radius 2 is 0.934 bits per heavy atom. The van der Waals surface area contributed by atoms with Gasteiger partial charge in [0.05, 0.1) is 39.9 Å². The van der Waals surface area contributed by atoms with Gasteiger partial charge in [0, 0.05) is 6.42 Å². The van der Waals surface area contributed by atoms with Crippen LogP contribution in [0, 0.1) is 0 Å². The van der Waals surface area contributed by atoms with E-state index in [1.807, 2.05) is 21.1 Å². The summed E-state index contributed by atoms with van der Waals surface area (Å²) in [6.07, 6.45) is 54.6. The molecule has 0 aliphatic carbocycles. The quantitative estimate of drug-likeness (QED) is 0.0243. The zero-order valence-corrected chi connectivity index (χ0v) is 41.8. The molecule has 8 nitrogen and oxygen atoms in total. The minimum absolute atomic E-state index is 0.0737. The molecule has 0 heterocycles. The van der Waals surface area contributed by atoms with E-state index >= 15 is 0 Å². The first kappa shape index (κ1) is 59.7. The van der Waals surface area contributed by atoms with Gasteiger partial charge in [0.15, 0.2) is 0 Å². The number of likely N-dealkylation sites (N-methyl/N-ethyl adjacent to an activating group) is 1. The number of nitrogens with zero attached hydrogens (tertiary/aromatic N) is 1. The molecular weight excluding hydrogens is 780 g/mol. The van der Waals surface area contributed by atoms with Crippen molar-refractivity contribution in [2.75, 3.05) is 40.9 Å². The van der Waals surface area contributed by atoms with Crippen molar-refractivity contribution < 1.29 is 32.9 Å². The predicted octanol–water partition coefficient (Wildman–Crippen LogP) is 15.0. The number of hydrogen-bond acceptors (Lipinski definition) is 5. The summed E-state index contributed by atoms with van der Waals surface area (Å²) in [7, 11) is 1.61. The van der Waals surface area contributed by atoms with Gasteiger partial charge in [-0.2, -0.15) is 0 Å². The summed E-state index contributed by atoms with van der Waals surface area (Å²) in [6.45, 7) is 4.88. The number of aliphatic hydroxyl groups excluding tert-OH is 1. The van der Waals surface area contributed by atoms with Crippen LogP contribution in [0.2, 0.25) is 0 Å². The molecule has 0 aromatic heterocycles. The fourth-order valence-electron chi connectivity index (χ4n) is 7.52. The van der Waals surface area contributed by atoms with Crippen molar-refractivity contribution in [3.63, 3.8) is 0 Å². The molecule has 3 atom stereocenters. The lowest BCUT2D eigenvalue weighted by molar-refractivity contribution is -0.870. The lowest BCUT2D eigenvalue weighted by atomic mass is 10.0. The lowest BCUT2D eigenvalue weighted by Crippen LogP contribution is -2.46. The maximum Gasteiger partial charge on any atom is 0.472 e. The molecule has 1 amide bonds. The van der Waals surface area contributed by atoms with E-state index in [1.54, 1.807) is 0 Å². The fraction of sp³-hybridized carbons (Fsp3) is 0.865. The Hall–Kier alpha value is -1.28. The van der Waals surface area contributed by atoms with Crippen LogP contribution < -0.4 is 5.32 Å². The van der Waals surface area contributed by atoms with E-state index in [1.165, 1.54) is 161 Å². The zero-order chi connectivity index (χ0) is 45.0. The maximum atomic E-state index is 12.9. The number of phosphoric acid groups is 1. The number of phosphoric ester groups is 1. The third-order valence-corrected chi connectivity index (χ3v) is 12.6. The summed E-state index contributed by atoms with van der Waals surface area (Å²) >= 11 is 0. The maximum absolute atomic E-state index is 12.9. The van der Waals surface area contributed by atoms with Crippen molar-refractivity contribution in [3.05, 3.63) is 36.5 Å². The molecule has 0 saturated heterocycles. The molecule has 3 unspecified atom stereocenters. The Kier molecular flexibility index (Phi) is 43.0. The van der Waals surface area contributed by atoms with Crippen molar-refractivity contribution in [3.8, 4) is 0 Å². The molecule has 0 aliphatic rings. The minimum atomic E-state index is -4.32. The Morgan fingerprint density at radius 1 is 0.557 bits per heavy atom. The first-order chi connectivity index (χ1) is 29.5. The Labute approximate surface area is 378 Å². The molecule has 0 saturated carbocycles. The van der Waals surface area contributed by atoms with Crippen LogP contribution in [0.25, 0.3) is 0 Å². The Balaban J connectivity index is 4.21. The molecule has 0 radical (unpaired) electrons. The van der Waals surface area contributed by atoms with Crippen LogP contribution in [0.5, 0.6) is 0 Å². The van der Waals surface area contributed by atoms with Gasteiger partial charge in [-0.25, -0.2) is 4.57 Å². The molecule has 9 heteroatoms. The topological polar surface area (TPSA) is 105 Å². The second kappa shape index (κ2) is 43.9. The highest BCUT2D eigenvalue weighted by molar-refractivity contribution is 7.47. The van der Waals surface area contributed by atoms with Gasteiger partial charge < -0.3 is 19.8 Å². The highest BCUT2D eigenvalue weighted by Crippen LogP contribution is 2.43. The number of unbranched alkanes of at least 4 members (excludes halogenated alkanes) is 28. The fourth-order valence-corrected chi connectivity index (χ4v) is 8.26. The summed E-state index contributed by atoms with van der Waals surface area (Å²) < 4.78 is 23.7.